The van der Waals surface area contributed by atoms with Gasteiger partial charge in [-0.1, -0.05) is 43.3 Å². The van der Waals surface area contributed by atoms with Crippen molar-refractivity contribution < 1.29 is 14.7 Å². The lowest BCUT2D eigenvalue weighted by Gasteiger charge is -2.31. The Morgan fingerprint density at radius 1 is 1.27 bits per heavy atom. The molecule has 3 aromatic rings. The van der Waals surface area contributed by atoms with Gasteiger partial charge in [0.05, 0.1) is 39.8 Å². The normalized spacial score (nSPS) is 24.5. The van der Waals surface area contributed by atoms with Crippen LogP contribution in [0.5, 0.6) is 0 Å². The topological polar surface area (TPSA) is 126 Å². The van der Waals surface area contributed by atoms with Crippen LogP contribution in [-0.4, -0.2) is 66.3 Å². The first kappa shape index (κ1) is 25.2. The number of aromatic nitrogens is 4. The zero-order valence-electron chi connectivity index (χ0n) is 21.5. The summed E-state index contributed by atoms with van der Waals surface area (Å²) in [5, 5.41) is 22.0. The minimum atomic E-state index is -1.07. The van der Waals surface area contributed by atoms with Gasteiger partial charge in [-0.15, -0.1) is 16.4 Å². The molecule has 5 rings (SSSR count). The molecule has 2 aromatic heterocycles. The van der Waals surface area contributed by atoms with Crippen molar-refractivity contribution in [2.24, 2.45) is 18.0 Å². The number of amides is 2. The number of hydrogen-bond donors (Lipinski definition) is 2. The van der Waals surface area contributed by atoms with E-state index in [0.717, 1.165) is 21.7 Å². The van der Waals surface area contributed by atoms with Gasteiger partial charge < -0.3 is 15.3 Å². The number of benzene rings is 1. The molecule has 0 bridgehead atoms. The molecular weight excluding hydrogens is 490 g/mol. The summed E-state index contributed by atoms with van der Waals surface area (Å²) in [6.07, 6.45) is 1.33. The Bertz CT molecular complexity index is 1360. The Balaban J connectivity index is 1.39. The number of nitrogens with one attached hydrogen (secondary N) is 1. The van der Waals surface area contributed by atoms with E-state index in [1.165, 1.54) is 0 Å². The molecule has 4 atom stereocenters. The van der Waals surface area contributed by atoms with Gasteiger partial charge in [-0.05, 0) is 30.9 Å². The number of nitrogens with zero attached hydrogens (tertiary/aromatic N) is 6. The van der Waals surface area contributed by atoms with E-state index in [2.05, 4.69) is 25.6 Å². The quantitative estimate of drug-likeness (QED) is 0.510. The van der Waals surface area contributed by atoms with Gasteiger partial charge in [0.2, 0.25) is 5.91 Å². The van der Waals surface area contributed by atoms with Gasteiger partial charge in [-0.25, -0.2) is 4.98 Å². The molecule has 0 aliphatic carbocycles. The van der Waals surface area contributed by atoms with E-state index in [9.17, 15) is 14.7 Å². The lowest BCUT2D eigenvalue weighted by atomic mass is 9.90. The fourth-order valence-electron chi connectivity index (χ4n) is 5.20. The summed E-state index contributed by atoms with van der Waals surface area (Å²) in [5.74, 6) is -0.636. The molecule has 0 saturated carbocycles. The molecule has 1 fully saturated rings. The molecule has 2 N–H and O–H groups in total. The molecule has 37 heavy (non-hydrogen) atoms. The van der Waals surface area contributed by atoms with E-state index in [1.54, 1.807) is 41.1 Å². The average molecular weight is 522 g/mol. The number of aliphatic hydroxyl groups excluding tert-OH is 1. The van der Waals surface area contributed by atoms with E-state index >= 15 is 0 Å². The number of aliphatic imine (C=N–C) groups is 1. The molecule has 1 unspecified atom stereocenters. The number of amidine groups is 1. The zero-order valence-corrected chi connectivity index (χ0v) is 22.4. The second-order valence-electron chi connectivity index (χ2n) is 10.3. The van der Waals surface area contributed by atoms with Crippen molar-refractivity contribution in [3.05, 3.63) is 52.9 Å². The summed E-state index contributed by atoms with van der Waals surface area (Å²) in [7, 11) is 1.76. The Morgan fingerprint density at radius 3 is 2.59 bits per heavy atom. The number of likely N-dealkylation sites (tertiary alicyclic amines) is 1. The number of β-amino-alcohol motifs (C(OH)–C–C–N with tert-alkyl or cyclic N) is 1. The Hall–Kier alpha value is -3.44. The van der Waals surface area contributed by atoms with Crippen LogP contribution in [0.2, 0.25) is 0 Å². The molecule has 2 amide bonds. The minimum Gasteiger partial charge on any atom is -0.391 e. The van der Waals surface area contributed by atoms with Crippen LogP contribution in [-0.2, 0) is 22.2 Å². The SMILES string of the molecule is Cc1ncsc1-c1ccc([C@]2(C)NC([C@@H]3C[C@@H](O)CN3C(=O)C(c3cn(C)nn3)C(C)C)=NC2=O)cc1. The molecule has 0 spiro atoms. The number of aryl methyl sites for hydroxylation is 2. The van der Waals surface area contributed by atoms with Crippen molar-refractivity contribution in [1.82, 2.24) is 30.2 Å². The molecule has 2 aliphatic rings. The van der Waals surface area contributed by atoms with Gasteiger partial charge in [-0.3, -0.25) is 14.3 Å². The molecule has 10 nitrogen and oxygen atoms in total. The fourth-order valence-corrected chi connectivity index (χ4v) is 6.01. The first-order valence-electron chi connectivity index (χ1n) is 12.4. The highest BCUT2D eigenvalue weighted by Gasteiger charge is 2.48. The third kappa shape index (κ3) is 4.46. The molecule has 194 valence electrons. The van der Waals surface area contributed by atoms with E-state index in [4.69, 9.17) is 0 Å². The van der Waals surface area contributed by atoms with Crippen molar-refractivity contribution in [3.8, 4) is 10.4 Å². The van der Waals surface area contributed by atoms with Crippen LogP contribution in [0, 0.1) is 12.8 Å². The van der Waals surface area contributed by atoms with Crippen molar-refractivity contribution in [3.63, 3.8) is 0 Å². The molecule has 4 heterocycles. The van der Waals surface area contributed by atoms with Gasteiger partial charge in [-0.2, -0.15) is 4.99 Å². The summed E-state index contributed by atoms with van der Waals surface area (Å²) in [5.41, 5.74) is 4.12. The van der Waals surface area contributed by atoms with Crippen LogP contribution in [0.3, 0.4) is 0 Å². The summed E-state index contributed by atoms with van der Waals surface area (Å²) < 4.78 is 1.57. The van der Waals surface area contributed by atoms with E-state index < -0.39 is 23.6 Å². The van der Waals surface area contributed by atoms with Gasteiger partial charge >= 0.3 is 0 Å². The third-order valence-electron chi connectivity index (χ3n) is 7.25. The predicted molar refractivity (Wildman–Crippen MR) is 140 cm³/mol. The highest BCUT2D eigenvalue weighted by molar-refractivity contribution is 7.13. The highest BCUT2D eigenvalue weighted by atomic mass is 32.1. The molecule has 1 aromatic carbocycles. The second kappa shape index (κ2) is 9.46. The number of carbonyl (C=O) groups excluding carboxylic acids is 2. The lowest BCUT2D eigenvalue weighted by molar-refractivity contribution is -0.134. The number of aliphatic hydroxyl groups is 1. The predicted octanol–water partition coefficient (Wildman–Crippen LogP) is 2.39. The maximum absolute atomic E-state index is 13.8. The van der Waals surface area contributed by atoms with Gasteiger partial charge in [0.1, 0.15) is 11.4 Å². The third-order valence-corrected chi connectivity index (χ3v) is 8.22. The van der Waals surface area contributed by atoms with Crippen molar-refractivity contribution >= 4 is 29.0 Å². The monoisotopic (exact) mass is 521 g/mol. The molecule has 2 aliphatic heterocycles. The van der Waals surface area contributed by atoms with Crippen molar-refractivity contribution in [2.45, 2.75) is 57.7 Å². The number of thiazole rings is 1. The number of carbonyl (C=O) groups is 2. The van der Waals surface area contributed by atoms with Gasteiger partial charge in [0, 0.05) is 26.2 Å². The summed E-state index contributed by atoms with van der Waals surface area (Å²) in [6.45, 7) is 7.86. The number of rotatable bonds is 6. The van der Waals surface area contributed by atoms with Crippen molar-refractivity contribution in [2.75, 3.05) is 6.54 Å². The highest BCUT2D eigenvalue weighted by Crippen LogP contribution is 2.34. The van der Waals surface area contributed by atoms with Crippen LogP contribution < -0.4 is 5.32 Å². The largest absolute Gasteiger partial charge is 0.391 e. The van der Waals surface area contributed by atoms with E-state index in [-0.39, 0.29) is 24.3 Å². The smallest absolute Gasteiger partial charge is 0.277 e. The number of hydrogen-bond acceptors (Lipinski definition) is 8. The second-order valence-corrected chi connectivity index (χ2v) is 11.2. The van der Waals surface area contributed by atoms with Crippen molar-refractivity contribution in [1.29, 1.82) is 0 Å². The van der Waals surface area contributed by atoms with Crippen LogP contribution in [0.1, 0.15) is 50.1 Å². The minimum absolute atomic E-state index is 0.0336. The van der Waals surface area contributed by atoms with E-state index in [0.29, 0.717) is 18.0 Å². The average Bonchev–Trinajstić information content (AvgIpc) is 3.62. The summed E-state index contributed by atoms with van der Waals surface area (Å²) in [4.78, 5) is 38.4. The summed E-state index contributed by atoms with van der Waals surface area (Å²) in [6, 6.07) is 7.28. The first-order chi connectivity index (χ1) is 17.6. The Labute approximate surface area is 219 Å². The van der Waals surface area contributed by atoms with Crippen LogP contribution in [0.4, 0.5) is 0 Å². The first-order valence-corrected chi connectivity index (χ1v) is 13.2. The lowest BCUT2D eigenvalue weighted by Crippen LogP contribution is -2.51. The zero-order chi connectivity index (χ0) is 26.5. The molecule has 0 radical (unpaired) electrons. The maximum Gasteiger partial charge on any atom is 0.277 e. The fraction of sp³-hybridized carbons (Fsp3) is 0.462. The standard InChI is InChI=1S/C26H31N7O3S/c1-14(2)21(19-12-32(5)31-30-19)24(35)33-11-18(34)10-20(33)23-28-25(36)26(4,29-23)17-8-6-16(7-9-17)22-15(3)27-13-37-22/h6-9,12-14,18,20-21,34H,10-11H2,1-5H3,(H,28,29,36)/t18-,20+,21?,26+/m1/s1. The molecule has 11 heteroatoms. The van der Waals surface area contributed by atoms with Crippen LogP contribution in [0.15, 0.2) is 41.0 Å². The maximum atomic E-state index is 13.8. The van der Waals surface area contributed by atoms with Gasteiger partial charge in [0.15, 0.2) is 0 Å². The molecule has 1 saturated heterocycles. The molecular formula is C26H31N7O3S. The van der Waals surface area contributed by atoms with Crippen LogP contribution in [0.25, 0.3) is 10.4 Å². The van der Waals surface area contributed by atoms with Crippen LogP contribution >= 0.6 is 11.3 Å². The summed E-state index contributed by atoms with van der Waals surface area (Å²) >= 11 is 1.58. The Morgan fingerprint density at radius 2 is 2.00 bits per heavy atom. The van der Waals surface area contributed by atoms with E-state index in [1.807, 2.05) is 50.5 Å². The van der Waals surface area contributed by atoms with Gasteiger partial charge in [0.25, 0.3) is 5.91 Å². The Kier molecular flexibility index (Phi) is 6.45.